The van der Waals surface area contributed by atoms with Crippen molar-refractivity contribution in [2.75, 3.05) is 23.7 Å². The lowest BCUT2D eigenvalue weighted by Gasteiger charge is -2.20. The van der Waals surface area contributed by atoms with Crippen LogP contribution in [0.15, 0.2) is 34.9 Å². The molecule has 1 aromatic carbocycles. The number of rotatable bonds is 2. The van der Waals surface area contributed by atoms with Gasteiger partial charge < -0.3 is 10.6 Å². The van der Waals surface area contributed by atoms with E-state index in [2.05, 4.69) is 30.8 Å². The van der Waals surface area contributed by atoms with Crippen LogP contribution in [0.5, 0.6) is 0 Å². The molecule has 1 fully saturated rings. The van der Waals surface area contributed by atoms with Crippen molar-refractivity contribution in [1.29, 1.82) is 0 Å². The Balaban J connectivity index is 1.91. The highest BCUT2D eigenvalue weighted by atomic mass is 79.9. The summed E-state index contributed by atoms with van der Waals surface area (Å²) in [6, 6.07) is 7.99. The molecule has 1 aliphatic rings. The van der Waals surface area contributed by atoms with E-state index in [0.29, 0.717) is 5.82 Å². The third-order valence-corrected chi connectivity index (χ3v) is 4.55. The average molecular weight is 347 g/mol. The van der Waals surface area contributed by atoms with E-state index in [4.69, 9.17) is 5.73 Å². The normalized spacial score (nSPS) is 15.8. The molecule has 2 heterocycles. The average Bonchev–Trinajstić information content (AvgIpc) is 2.77. The minimum atomic E-state index is 0.538. The minimum Gasteiger partial charge on any atom is -0.383 e. The van der Waals surface area contributed by atoms with Crippen molar-refractivity contribution >= 4 is 27.7 Å². The van der Waals surface area contributed by atoms with Gasteiger partial charge in [-0.1, -0.05) is 47.0 Å². The predicted molar refractivity (Wildman–Crippen MR) is 90.3 cm³/mol. The summed E-state index contributed by atoms with van der Waals surface area (Å²) in [5.74, 6) is 1.29. The van der Waals surface area contributed by atoms with Crippen LogP contribution in [0.25, 0.3) is 11.1 Å². The molecule has 110 valence electrons. The minimum absolute atomic E-state index is 0.538. The van der Waals surface area contributed by atoms with Gasteiger partial charge in [0.1, 0.15) is 5.82 Å². The maximum atomic E-state index is 6.17. The summed E-state index contributed by atoms with van der Waals surface area (Å²) in [4.78, 5) is 11.3. The zero-order valence-electron chi connectivity index (χ0n) is 11.9. The molecule has 0 atom stereocenters. The van der Waals surface area contributed by atoms with Crippen molar-refractivity contribution in [2.24, 2.45) is 0 Å². The molecule has 21 heavy (non-hydrogen) atoms. The van der Waals surface area contributed by atoms with Crippen LogP contribution in [-0.4, -0.2) is 23.1 Å². The molecular formula is C16H19BrN4. The van der Waals surface area contributed by atoms with Crippen molar-refractivity contribution in [2.45, 2.75) is 25.7 Å². The van der Waals surface area contributed by atoms with Gasteiger partial charge in [-0.25, -0.2) is 4.98 Å². The van der Waals surface area contributed by atoms with E-state index in [0.717, 1.165) is 34.6 Å². The second kappa shape index (κ2) is 6.43. The number of aromatic nitrogens is 2. The molecule has 0 unspecified atom stereocenters. The van der Waals surface area contributed by atoms with Crippen LogP contribution >= 0.6 is 15.9 Å². The molecule has 0 amide bonds. The topological polar surface area (TPSA) is 55.0 Å². The SMILES string of the molecule is Nc1nc(N2CCCCCC2)ncc1-c1ccccc1Br. The maximum absolute atomic E-state index is 6.17. The van der Waals surface area contributed by atoms with Crippen molar-refractivity contribution in [1.82, 2.24) is 9.97 Å². The highest BCUT2D eigenvalue weighted by molar-refractivity contribution is 9.10. The third kappa shape index (κ3) is 3.18. The highest BCUT2D eigenvalue weighted by Gasteiger charge is 2.15. The summed E-state index contributed by atoms with van der Waals surface area (Å²) in [6.07, 6.45) is 6.83. The quantitative estimate of drug-likeness (QED) is 0.896. The first kappa shape index (κ1) is 14.3. The number of anilines is 2. The van der Waals surface area contributed by atoms with Crippen LogP contribution in [0.4, 0.5) is 11.8 Å². The van der Waals surface area contributed by atoms with Gasteiger partial charge in [0, 0.05) is 34.9 Å². The molecule has 0 spiro atoms. The smallest absolute Gasteiger partial charge is 0.227 e. The molecule has 5 heteroatoms. The third-order valence-electron chi connectivity index (χ3n) is 3.86. The van der Waals surface area contributed by atoms with E-state index in [1.807, 2.05) is 30.5 Å². The zero-order valence-corrected chi connectivity index (χ0v) is 13.5. The number of hydrogen-bond donors (Lipinski definition) is 1. The first-order valence-electron chi connectivity index (χ1n) is 7.38. The number of halogens is 1. The number of nitrogens with two attached hydrogens (primary N) is 1. The molecule has 1 saturated heterocycles. The van der Waals surface area contributed by atoms with Gasteiger partial charge in [0.15, 0.2) is 0 Å². The van der Waals surface area contributed by atoms with Gasteiger partial charge in [0.05, 0.1) is 0 Å². The Morgan fingerprint density at radius 1 is 1.00 bits per heavy atom. The highest BCUT2D eigenvalue weighted by Crippen LogP contribution is 2.31. The lowest BCUT2D eigenvalue weighted by atomic mass is 10.1. The van der Waals surface area contributed by atoms with Crippen molar-refractivity contribution in [3.05, 3.63) is 34.9 Å². The van der Waals surface area contributed by atoms with Crippen molar-refractivity contribution in [3.63, 3.8) is 0 Å². The second-order valence-electron chi connectivity index (χ2n) is 5.35. The first-order chi connectivity index (χ1) is 10.3. The first-order valence-corrected chi connectivity index (χ1v) is 8.17. The van der Waals surface area contributed by atoms with Crippen LogP contribution in [0.3, 0.4) is 0 Å². The summed E-state index contributed by atoms with van der Waals surface area (Å²) >= 11 is 3.55. The molecule has 1 aromatic heterocycles. The van der Waals surface area contributed by atoms with E-state index >= 15 is 0 Å². The monoisotopic (exact) mass is 346 g/mol. The molecule has 0 radical (unpaired) electrons. The van der Waals surface area contributed by atoms with Crippen LogP contribution < -0.4 is 10.6 Å². The Morgan fingerprint density at radius 2 is 1.71 bits per heavy atom. The van der Waals surface area contributed by atoms with Gasteiger partial charge >= 0.3 is 0 Å². The van der Waals surface area contributed by atoms with E-state index in [1.54, 1.807) is 0 Å². The molecule has 0 saturated carbocycles. The van der Waals surface area contributed by atoms with Gasteiger partial charge in [-0.3, -0.25) is 0 Å². The summed E-state index contributed by atoms with van der Waals surface area (Å²) < 4.78 is 1.00. The van der Waals surface area contributed by atoms with E-state index in [9.17, 15) is 0 Å². The van der Waals surface area contributed by atoms with Crippen LogP contribution in [-0.2, 0) is 0 Å². The molecule has 4 nitrogen and oxygen atoms in total. The van der Waals surface area contributed by atoms with E-state index in [1.165, 1.54) is 25.7 Å². The fourth-order valence-corrected chi connectivity index (χ4v) is 3.19. The van der Waals surface area contributed by atoms with Gasteiger partial charge in [0.25, 0.3) is 0 Å². The molecule has 0 bridgehead atoms. The molecule has 2 aromatic rings. The van der Waals surface area contributed by atoms with Gasteiger partial charge in [-0.2, -0.15) is 4.98 Å². The number of nitrogens with zero attached hydrogens (tertiary/aromatic N) is 3. The Hall–Kier alpha value is -1.62. The number of nitrogen functional groups attached to an aromatic ring is 1. The zero-order chi connectivity index (χ0) is 14.7. The van der Waals surface area contributed by atoms with E-state index in [-0.39, 0.29) is 0 Å². The van der Waals surface area contributed by atoms with Gasteiger partial charge in [-0.05, 0) is 18.9 Å². The van der Waals surface area contributed by atoms with Gasteiger partial charge in [0.2, 0.25) is 5.95 Å². The summed E-state index contributed by atoms with van der Waals surface area (Å²) in [5.41, 5.74) is 8.07. The Bertz CT molecular complexity index is 621. The fraction of sp³-hybridized carbons (Fsp3) is 0.375. The van der Waals surface area contributed by atoms with Crippen LogP contribution in [0.2, 0.25) is 0 Å². The Labute approximate surface area is 133 Å². The second-order valence-corrected chi connectivity index (χ2v) is 6.20. The maximum Gasteiger partial charge on any atom is 0.227 e. The Morgan fingerprint density at radius 3 is 2.38 bits per heavy atom. The number of hydrogen-bond acceptors (Lipinski definition) is 4. The molecule has 2 N–H and O–H groups in total. The largest absolute Gasteiger partial charge is 0.383 e. The van der Waals surface area contributed by atoms with E-state index < -0.39 is 0 Å². The lowest BCUT2D eigenvalue weighted by molar-refractivity contribution is 0.726. The summed E-state index contributed by atoms with van der Waals surface area (Å²) in [5, 5.41) is 0. The standard InChI is InChI=1S/C16H19BrN4/c17-14-8-4-3-7-12(14)13-11-19-16(20-15(13)18)21-9-5-1-2-6-10-21/h3-4,7-8,11H,1-2,5-6,9-10H2,(H2,18,19,20). The van der Waals surface area contributed by atoms with Crippen LogP contribution in [0.1, 0.15) is 25.7 Å². The number of benzene rings is 1. The molecular weight excluding hydrogens is 328 g/mol. The van der Waals surface area contributed by atoms with Crippen molar-refractivity contribution < 1.29 is 0 Å². The Kier molecular flexibility index (Phi) is 4.39. The fourth-order valence-electron chi connectivity index (χ4n) is 2.70. The molecule has 0 aliphatic carbocycles. The lowest BCUT2D eigenvalue weighted by Crippen LogP contribution is -2.26. The summed E-state index contributed by atoms with van der Waals surface area (Å²) in [7, 11) is 0. The van der Waals surface area contributed by atoms with Gasteiger partial charge in [-0.15, -0.1) is 0 Å². The molecule has 1 aliphatic heterocycles. The summed E-state index contributed by atoms with van der Waals surface area (Å²) in [6.45, 7) is 2.04. The predicted octanol–water partition coefficient (Wildman–Crippen LogP) is 3.87. The molecule has 3 rings (SSSR count). The van der Waals surface area contributed by atoms with Crippen LogP contribution in [0, 0.1) is 0 Å². The van der Waals surface area contributed by atoms with Crippen molar-refractivity contribution in [3.8, 4) is 11.1 Å².